The molecule has 4 N–H and O–H groups in total. The van der Waals surface area contributed by atoms with Crippen molar-refractivity contribution in [2.24, 2.45) is 0 Å². The second-order valence-electron chi connectivity index (χ2n) is 16.4. The zero-order valence-electron chi connectivity index (χ0n) is 37.9. The number of aryl methyl sites for hydroxylation is 2. The maximum atomic E-state index is 13.8. The minimum atomic E-state index is -0.645. The van der Waals surface area contributed by atoms with Gasteiger partial charge in [-0.25, -0.2) is 0 Å². The van der Waals surface area contributed by atoms with Crippen molar-refractivity contribution in [3.05, 3.63) is 80.5 Å². The number of ether oxygens (including phenoxy) is 2. The highest BCUT2D eigenvalue weighted by Crippen LogP contribution is 2.43. The molecule has 0 spiro atoms. The van der Waals surface area contributed by atoms with E-state index in [1.807, 2.05) is 38.1 Å². The second-order valence-corrected chi connectivity index (χ2v) is 17.5. The second kappa shape index (κ2) is 31.5. The fraction of sp³-hybridized carbons (Fsp3) is 0.600. The molecule has 4 amide bonds. The highest BCUT2D eigenvalue weighted by Gasteiger charge is 2.30. The third-order valence-electron chi connectivity index (χ3n) is 10.9. The van der Waals surface area contributed by atoms with Crippen LogP contribution in [0.15, 0.2) is 48.5 Å². The minimum absolute atomic E-state index is 0.0860. The molecule has 3 rings (SSSR count). The van der Waals surface area contributed by atoms with Gasteiger partial charge in [0, 0.05) is 11.1 Å². The van der Waals surface area contributed by atoms with E-state index in [1.165, 1.54) is 116 Å². The Labute approximate surface area is 371 Å². The molecule has 0 aliphatic carbocycles. The quantitative estimate of drug-likeness (QED) is 0.0365. The van der Waals surface area contributed by atoms with Crippen molar-refractivity contribution >= 4 is 35.0 Å². The number of benzene rings is 2. The maximum Gasteiger partial charge on any atom is 0.283 e. The predicted octanol–water partition coefficient (Wildman–Crippen LogP) is 12.7. The molecule has 1 heterocycles. The van der Waals surface area contributed by atoms with E-state index in [-0.39, 0.29) is 21.3 Å². The molecule has 11 heteroatoms. The number of carbonyl (C=O) groups excluding carboxylic acids is 4. The molecule has 0 radical (unpaired) electrons. The summed E-state index contributed by atoms with van der Waals surface area (Å²) in [5, 5.41) is 0. The van der Waals surface area contributed by atoms with Crippen LogP contribution in [-0.2, 0) is 0 Å². The van der Waals surface area contributed by atoms with Crippen molar-refractivity contribution in [1.29, 1.82) is 0 Å². The van der Waals surface area contributed by atoms with E-state index >= 15 is 0 Å². The number of hydrogen-bond donors (Lipinski definition) is 4. The summed E-state index contributed by atoms with van der Waals surface area (Å²) in [7, 11) is 0. The third kappa shape index (κ3) is 20.8. The first-order chi connectivity index (χ1) is 29.7. The van der Waals surface area contributed by atoms with Gasteiger partial charge in [0.05, 0.1) is 13.2 Å². The van der Waals surface area contributed by atoms with Crippen LogP contribution >= 0.6 is 11.3 Å². The van der Waals surface area contributed by atoms with Crippen LogP contribution in [0.2, 0.25) is 0 Å². The molecule has 0 saturated carbocycles. The summed E-state index contributed by atoms with van der Waals surface area (Å²) < 4.78 is 12.7. The lowest BCUT2D eigenvalue weighted by Crippen LogP contribution is -2.41. The molecule has 2 aromatic carbocycles. The van der Waals surface area contributed by atoms with Crippen LogP contribution in [0.25, 0.3) is 0 Å². The zero-order chi connectivity index (χ0) is 43.9. The molecule has 3 aromatic rings. The molecular weight excluding hydrogens is 785 g/mol. The fourth-order valence-corrected chi connectivity index (χ4v) is 8.07. The van der Waals surface area contributed by atoms with E-state index in [9.17, 15) is 19.2 Å². The molecule has 1 aromatic heterocycles. The highest BCUT2D eigenvalue weighted by atomic mass is 32.1. The zero-order valence-corrected chi connectivity index (χ0v) is 38.7. The van der Waals surface area contributed by atoms with Gasteiger partial charge in [0.25, 0.3) is 23.6 Å². The Balaban J connectivity index is 1.69. The topological polar surface area (TPSA) is 135 Å². The Morgan fingerprint density at radius 1 is 0.393 bits per heavy atom. The van der Waals surface area contributed by atoms with Gasteiger partial charge < -0.3 is 9.47 Å². The van der Waals surface area contributed by atoms with Crippen molar-refractivity contribution in [3.8, 4) is 11.5 Å². The van der Waals surface area contributed by atoms with Crippen LogP contribution in [0.3, 0.4) is 0 Å². The van der Waals surface area contributed by atoms with Gasteiger partial charge in [-0.05, 0) is 51.0 Å². The van der Waals surface area contributed by atoms with Gasteiger partial charge in [0.2, 0.25) is 0 Å². The molecule has 61 heavy (non-hydrogen) atoms. The normalized spacial score (nSPS) is 11.0. The first kappa shape index (κ1) is 51.0. The van der Waals surface area contributed by atoms with Gasteiger partial charge in [0.1, 0.15) is 9.75 Å². The van der Waals surface area contributed by atoms with Crippen molar-refractivity contribution < 1.29 is 28.7 Å². The van der Waals surface area contributed by atoms with Crippen LogP contribution in [-0.4, -0.2) is 36.8 Å². The van der Waals surface area contributed by atoms with Crippen LogP contribution in [0.5, 0.6) is 11.5 Å². The Morgan fingerprint density at radius 3 is 0.951 bits per heavy atom. The number of carbonyl (C=O) groups is 4. The SMILES string of the molecule is CCCCCCCCCCCCCCOc1c(C(=O)NNC(=O)c2ccc(C)cc2)sc(C(=O)NNC(=O)c2ccc(C)cc2)c1OCCCCCCCCCCCCCC. The third-order valence-corrected chi connectivity index (χ3v) is 12.1. The molecule has 0 bridgehead atoms. The van der Waals surface area contributed by atoms with E-state index in [0.29, 0.717) is 24.3 Å². The number of unbranched alkanes of at least 4 members (excludes halogenated alkanes) is 22. The molecule has 0 saturated heterocycles. The van der Waals surface area contributed by atoms with Gasteiger partial charge in [-0.2, -0.15) is 0 Å². The average Bonchev–Trinajstić information content (AvgIpc) is 3.63. The average molecular weight is 861 g/mol. The molecule has 0 unspecified atom stereocenters. The lowest BCUT2D eigenvalue weighted by atomic mass is 10.1. The van der Waals surface area contributed by atoms with Gasteiger partial charge in [-0.15, -0.1) is 11.3 Å². The first-order valence-corrected chi connectivity index (χ1v) is 24.3. The molecule has 338 valence electrons. The molecular formula is C50H76N4O6S. The van der Waals surface area contributed by atoms with Crippen LogP contribution < -0.4 is 31.2 Å². The smallest absolute Gasteiger partial charge is 0.283 e. The number of hydrazine groups is 2. The van der Waals surface area contributed by atoms with E-state index in [4.69, 9.17) is 9.47 Å². The number of hydrogen-bond acceptors (Lipinski definition) is 7. The molecule has 0 fully saturated rings. The minimum Gasteiger partial charge on any atom is -0.488 e. The monoisotopic (exact) mass is 861 g/mol. The summed E-state index contributed by atoms with van der Waals surface area (Å²) in [6, 6.07) is 14.0. The van der Waals surface area contributed by atoms with E-state index in [2.05, 4.69) is 35.6 Å². The van der Waals surface area contributed by atoms with Gasteiger partial charge >= 0.3 is 0 Å². The summed E-state index contributed by atoms with van der Waals surface area (Å²) in [5.74, 6) is -1.94. The Kier molecular flexibility index (Phi) is 26.3. The Morgan fingerprint density at radius 2 is 0.656 bits per heavy atom. The maximum absolute atomic E-state index is 13.8. The first-order valence-electron chi connectivity index (χ1n) is 23.5. The van der Waals surface area contributed by atoms with Crippen molar-refractivity contribution in [3.63, 3.8) is 0 Å². The number of amides is 4. The highest BCUT2D eigenvalue weighted by molar-refractivity contribution is 7.16. The number of thiophene rings is 1. The summed E-state index contributed by atoms with van der Waals surface area (Å²) in [5.41, 5.74) is 12.8. The molecule has 0 aliphatic rings. The van der Waals surface area contributed by atoms with Crippen LogP contribution in [0, 0.1) is 13.8 Å². The number of nitrogens with one attached hydrogen (secondary N) is 4. The molecule has 0 aliphatic heterocycles. The number of rotatable bonds is 32. The Bertz CT molecular complexity index is 1570. The lowest BCUT2D eigenvalue weighted by molar-refractivity contribution is 0.0846. The van der Waals surface area contributed by atoms with Crippen molar-refractivity contribution in [2.45, 2.75) is 182 Å². The van der Waals surface area contributed by atoms with Gasteiger partial charge in [0.15, 0.2) is 11.5 Å². The molecule has 10 nitrogen and oxygen atoms in total. The summed E-state index contributed by atoms with van der Waals surface area (Å²) in [6.45, 7) is 9.00. The van der Waals surface area contributed by atoms with Gasteiger partial charge in [-0.1, -0.05) is 190 Å². The largest absolute Gasteiger partial charge is 0.488 e. The van der Waals surface area contributed by atoms with Crippen molar-refractivity contribution in [2.75, 3.05) is 13.2 Å². The predicted molar refractivity (Wildman–Crippen MR) is 250 cm³/mol. The van der Waals surface area contributed by atoms with Crippen molar-refractivity contribution in [1.82, 2.24) is 21.7 Å². The van der Waals surface area contributed by atoms with Crippen LogP contribution in [0.4, 0.5) is 0 Å². The summed E-state index contributed by atoms with van der Waals surface area (Å²) in [4.78, 5) is 53.6. The van der Waals surface area contributed by atoms with Crippen LogP contribution in [0.1, 0.15) is 219 Å². The van der Waals surface area contributed by atoms with E-state index < -0.39 is 23.6 Å². The van der Waals surface area contributed by atoms with Gasteiger partial charge in [-0.3, -0.25) is 40.9 Å². The summed E-state index contributed by atoms with van der Waals surface area (Å²) in [6.07, 6.45) is 28.8. The fourth-order valence-electron chi connectivity index (χ4n) is 7.09. The molecule has 0 atom stereocenters. The lowest BCUT2D eigenvalue weighted by Gasteiger charge is -2.13. The van der Waals surface area contributed by atoms with E-state index in [0.717, 1.165) is 61.0 Å². The summed E-state index contributed by atoms with van der Waals surface area (Å²) >= 11 is 0.895. The standard InChI is InChI=1S/C50H76N4O6S/c1-5-7-9-11-13-15-17-19-21-23-25-27-37-59-43-44(60-38-28-26-24-22-20-18-16-14-12-10-8-6-2)46(50(58)54-52-48(56)42-35-31-40(4)32-36-42)61-45(43)49(57)53-51-47(55)41-33-29-39(3)30-34-41/h29-36H,5-28,37-38H2,1-4H3,(H,51,55)(H,52,56)(H,53,57)(H,54,58). The van der Waals surface area contributed by atoms with E-state index in [1.54, 1.807) is 24.3 Å². The Hall–Kier alpha value is -4.38.